The first-order valence-corrected chi connectivity index (χ1v) is 10.0. The summed E-state index contributed by atoms with van der Waals surface area (Å²) in [4.78, 5) is 39.8. The zero-order valence-corrected chi connectivity index (χ0v) is 18.3. The molecule has 35 heavy (non-hydrogen) atoms. The number of carbonyl (C=O) groups is 2. The highest BCUT2D eigenvalue weighted by Crippen LogP contribution is 2.26. The molecule has 4 rings (SSSR count). The molecule has 0 aromatic carbocycles. The van der Waals surface area contributed by atoms with Crippen LogP contribution in [0.1, 0.15) is 28.9 Å². The van der Waals surface area contributed by atoms with Crippen LogP contribution in [-0.4, -0.2) is 46.9 Å². The molecule has 0 saturated heterocycles. The van der Waals surface area contributed by atoms with Gasteiger partial charge >= 0.3 is 6.09 Å². The predicted molar refractivity (Wildman–Crippen MR) is 117 cm³/mol. The van der Waals surface area contributed by atoms with Gasteiger partial charge in [0.2, 0.25) is 5.95 Å². The van der Waals surface area contributed by atoms with Crippen LogP contribution < -0.4 is 10.6 Å². The van der Waals surface area contributed by atoms with Gasteiger partial charge in [-0.15, -0.1) is 5.10 Å². The van der Waals surface area contributed by atoms with Gasteiger partial charge in [0.05, 0.1) is 34.9 Å². The molecule has 14 heteroatoms. The fourth-order valence-corrected chi connectivity index (χ4v) is 2.97. The van der Waals surface area contributed by atoms with Crippen molar-refractivity contribution in [2.45, 2.75) is 13.0 Å². The fraction of sp³-hybridized carbons (Fsp3) is 0.143. The van der Waals surface area contributed by atoms with Crippen molar-refractivity contribution in [3.8, 4) is 11.4 Å². The molecular formula is C21H17F2N9O3. The number of nitrogens with one attached hydrogen (secondary N) is 2. The third kappa shape index (κ3) is 5.38. The molecule has 0 aliphatic heterocycles. The topological polar surface area (TPSA) is 150 Å². The molecule has 2 N–H and O–H groups in total. The lowest BCUT2D eigenvalue weighted by molar-refractivity contribution is 0.102. The van der Waals surface area contributed by atoms with Crippen molar-refractivity contribution in [1.29, 1.82) is 0 Å². The van der Waals surface area contributed by atoms with Gasteiger partial charge in [0.15, 0.2) is 11.5 Å². The highest BCUT2D eigenvalue weighted by Gasteiger charge is 2.21. The van der Waals surface area contributed by atoms with Crippen molar-refractivity contribution in [3.05, 3.63) is 72.2 Å². The van der Waals surface area contributed by atoms with Gasteiger partial charge in [-0.25, -0.2) is 28.8 Å². The first-order valence-electron chi connectivity index (χ1n) is 10.0. The summed E-state index contributed by atoms with van der Waals surface area (Å²) in [6, 6.07) is 4.04. The Kier molecular flexibility index (Phi) is 6.62. The normalized spacial score (nSPS) is 11.5. The molecule has 12 nitrogen and oxygen atoms in total. The van der Waals surface area contributed by atoms with Gasteiger partial charge in [-0.05, 0) is 25.1 Å². The van der Waals surface area contributed by atoms with Gasteiger partial charge in [-0.1, -0.05) is 5.21 Å². The van der Waals surface area contributed by atoms with Crippen LogP contribution in [0, 0.1) is 11.8 Å². The Balaban J connectivity index is 1.46. The van der Waals surface area contributed by atoms with Crippen molar-refractivity contribution < 1.29 is 23.1 Å². The van der Waals surface area contributed by atoms with Crippen molar-refractivity contribution in [2.24, 2.45) is 7.05 Å². The Morgan fingerprint density at radius 3 is 2.54 bits per heavy atom. The third-order valence-electron chi connectivity index (χ3n) is 4.69. The zero-order chi connectivity index (χ0) is 24.9. The number of aromatic nitrogens is 7. The molecule has 0 unspecified atom stereocenters. The van der Waals surface area contributed by atoms with E-state index in [4.69, 9.17) is 4.74 Å². The number of hydrogen-bond acceptors (Lipinski definition) is 9. The summed E-state index contributed by atoms with van der Waals surface area (Å²) >= 11 is 0. The molecule has 0 fully saturated rings. The van der Waals surface area contributed by atoms with E-state index < -0.39 is 29.9 Å². The number of nitrogens with zero attached hydrogens (tertiary/aromatic N) is 7. The Morgan fingerprint density at radius 2 is 1.83 bits per heavy atom. The molecule has 4 aromatic heterocycles. The number of pyridine rings is 2. The second-order valence-electron chi connectivity index (χ2n) is 7.13. The number of carbonyl (C=O) groups excluding carboxylic acids is 2. The second-order valence-corrected chi connectivity index (χ2v) is 7.13. The highest BCUT2D eigenvalue weighted by molar-refractivity contribution is 6.03. The molecule has 0 radical (unpaired) electrons. The van der Waals surface area contributed by atoms with Crippen molar-refractivity contribution in [3.63, 3.8) is 0 Å². The van der Waals surface area contributed by atoms with E-state index >= 15 is 0 Å². The maximum Gasteiger partial charge on any atom is 0.413 e. The third-order valence-corrected chi connectivity index (χ3v) is 4.69. The number of anilines is 2. The average molecular weight is 481 g/mol. The van der Waals surface area contributed by atoms with Crippen LogP contribution in [0.3, 0.4) is 0 Å². The van der Waals surface area contributed by atoms with Gasteiger partial charge in [-0.3, -0.25) is 15.1 Å². The minimum atomic E-state index is -1.13. The summed E-state index contributed by atoms with van der Waals surface area (Å²) in [5.41, 5.74) is 1.01. The quantitative estimate of drug-likeness (QED) is 0.396. The number of amides is 2. The smallest absolute Gasteiger partial charge is 0.413 e. The van der Waals surface area contributed by atoms with Crippen LogP contribution in [-0.2, 0) is 11.8 Å². The molecule has 0 saturated carbocycles. The van der Waals surface area contributed by atoms with Crippen molar-refractivity contribution in [1.82, 2.24) is 34.9 Å². The number of hydrogen-bond donors (Lipinski definition) is 2. The summed E-state index contributed by atoms with van der Waals surface area (Å²) < 4.78 is 33.7. The van der Waals surface area contributed by atoms with E-state index in [1.165, 1.54) is 43.6 Å². The zero-order valence-electron chi connectivity index (χ0n) is 18.3. The van der Waals surface area contributed by atoms with E-state index in [1.807, 2.05) is 0 Å². The molecule has 4 heterocycles. The molecule has 0 spiro atoms. The van der Waals surface area contributed by atoms with E-state index in [1.54, 1.807) is 12.1 Å². The molecule has 178 valence electrons. The lowest BCUT2D eigenvalue weighted by atomic mass is 10.2. The Labute approximate surface area is 196 Å². The first kappa shape index (κ1) is 23.3. The standard InChI is InChI=1S/C21H17F2N9O3/c1-11(15-5-13(22)8-27-18(15)23)35-21(34)29-19-17(30-31-32(19)2)16-4-3-14(9-26-16)28-20(33)12-6-24-10-25-7-12/h3-11H,1-2H3,(H,28,33)(H,29,34)/t11-/m1/s1. The average Bonchev–Trinajstić information content (AvgIpc) is 3.21. The summed E-state index contributed by atoms with van der Waals surface area (Å²) in [5, 5.41) is 13.0. The highest BCUT2D eigenvalue weighted by atomic mass is 19.1. The molecule has 0 aliphatic rings. The molecule has 2 amide bonds. The fourth-order valence-electron chi connectivity index (χ4n) is 2.97. The van der Waals surface area contributed by atoms with Gasteiger partial charge in [0.1, 0.15) is 18.2 Å². The van der Waals surface area contributed by atoms with Crippen LogP contribution in [0.25, 0.3) is 11.4 Å². The van der Waals surface area contributed by atoms with Gasteiger partial charge in [0, 0.05) is 19.4 Å². The van der Waals surface area contributed by atoms with Crippen LogP contribution in [0.2, 0.25) is 0 Å². The van der Waals surface area contributed by atoms with E-state index in [2.05, 4.69) is 40.9 Å². The maximum absolute atomic E-state index is 13.9. The molecule has 1 atom stereocenters. The first-order chi connectivity index (χ1) is 16.8. The van der Waals surface area contributed by atoms with E-state index in [9.17, 15) is 18.4 Å². The summed E-state index contributed by atoms with van der Waals surface area (Å²) in [6.45, 7) is 1.37. The summed E-state index contributed by atoms with van der Waals surface area (Å²) in [5.74, 6) is -1.99. The minimum absolute atomic E-state index is 0.144. The van der Waals surface area contributed by atoms with E-state index in [0.29, 0.717) is 11.4 Å². The lowest BCUT2D eigenvalue weighted by Gasteiger charge is -2.15. The van der Waals surface area contributed by atoms with Crippen LogP contribution >= 0.6 is 0 Å². The van der Waals surface area contributed by atoms with Crippen molar-refractivity contribution in [2.75, 3.05) is 10.6 Å². The van der Waals surface area contributed by atoms with Crippen LogP contribution in [0.5, 0.6) is 0 Å². The van der Waals surface area contributed by atoms with Crippen molar-refractivity contribution >= 4 is 23.5 Å². The summed E-state index contributed by atoms with van der Waals surface area (Å²) in [6.07, 6.45) is 4.10. The number of aryl methyl sites for hydroxylation is 1. The predicted octanol–water partition coefficient (Wildman–Crippen LogP) is 2.90. The Bertz CT molecular complexity index is 1360. The monoisotopic (exact) mass is 481 g/mol. The Morgan fingerprint density at radius 1 is 1.06 bits per heavy atom. The van der Waals surface area contributed by atoms with Gasteiger partial charge in [-0.2, -0.15) is 4.39 Å². The number of halogens is 2. The van der Waals surface area contributed by atoms with Gasteiger partial charge in [0.25, 0.3) is 5.91 Å². The Hall–Kier alpha value is -4.88. The SMILES string of the molecule is C[C@@H](OC(=O)Nc1c(-c2ccc(NC(=O)c3cncnc3)cn2)nnn1C)c1cc(F)cnc1F. The van der Waals surface area contributed by atoms with Crippen LogP contribution in [0.4, 0.5) is 25.1 Å². The molecular weight excluding hydrogens is 464 g/mol. The number of rotatable bonds is 6. The number of ether oxygens (including phenoxy) is 1. The van der Waals surface area contributed by atoms with E-state index in [-0.39, 0.29) is 22.6 Å². The molecule has 0 aliphatic carbocycles. The largest absolute Gasteiger partial charge is 0.441 e. The van der Waals surface area contributed by atoms with E-state index in [0.717, 1.165) is 12.3 Å². The molecule has 0 bridgehead atoms. The molecule has 4 aromatic rings. The van der Waals surface area contributed by atoms with Gasteiger partial charge < -0.3 is 10.1 Å². The van der Waals surface area contributed by atoms with Crippen LogP contribution in [0.15, 0.2) is 49.3 Å². The summed E-state index contributed by atoms with van der Waals surface area (Å²) in [7, 11) is 1.53. The lowest BCUT2D eigenvalue weighted by Crippen LogP contribution is -2.19. The minimum Gasteiger partial charge on any atom is -0.441 e. The second kappa shape index (κ2) is 9.94. The maximum atomic E-state index is 13.9.